The van der Waals surface area contributed by atoms with E-state index in [-0.39, 0.29) is 0 Å². The number of hydrogen-bond acceptors (Lipinski definition) is 0. The van der Waals surface area contributed by atoms with Gasteiger partial charge < -0.3 is 0 Å². The smallest absolute Gasteiger partial charge is 0.0249 e. The fourth-order valence-corrected chi connectivity index (χ4v) is 6.83. The second kappa shape index (κ2) is 14.7. The maximum absolute atomic E-state index is 3.38. The lowest BCUT2D eigenvalue weighted by Gasteiger charge is -2.28. The zero-order valence-corrected chi connectivity index (χ0v) is 23.2. The monoisotopic (exact) mass is 482 g/mol. The van der Waals surface area contributed by atoms with Gasteiger partial charge in [-0.15, -0.1) is 0 Å². The van der Waals surface area contributed by atoms with Gasteiger partial charge in [-0.3, -0.25) is 0 Å². The van der Waals surface area contributed by atoms with Crippen molar-refractivity contribution in [3.05, 3.63) is 70.8 Å². The summed E-state index contributed by atoms with van der Waals surface area (Å²) in [5.74, 6) is 10.7. The summed E-state index contributed by atoms with van der Waals surface area (Å²) in [7, 11) is 0. The Kier molecular flexibility index (Phi) is 11.0. The van der Waals surface area contributed by atoms with Crippen LogP contribution in [0.15, 0.2) is 48.5 Å². The summed E-state index contributed by atoms with van der Waals surface area (Å²) < 4.78 is 0. The molecule has 2 aliphatic rings. The molecule has 0 saturated heterocycles. The number of rotatable bonds is 10. The summed E-state index contributed by atoms with van der Waals surface area (Å²) in [4.78, 5) is 0. The molecule has 2 aromatic rings. The molecule has 36 heavy (non-hydrogen) atoms. The average Bonchev–Trinajstić information content (AvgIpc) is 2.93. The number of aryl methyl sites for hydroxylation is 2. The molecule has 0 heterocycles. The SMILES string of the molecule is CCCC1CCC(CCc2ccc(C#Cc3ccc(CCC4CCC(CCC)CC4)cc3)cc2)CC1. The van der Waals surface area contributed by atoms with E-state index >= 15 is 0 Å². The molecule has 0 nitrogen and oxygen atoms in total. The maximum Gasteiger partial charge on any atom is 0.0249 e. The minimum atomic E-state index is 0.946. The van der Waals surface area contributed by atoms with Gasteiger partial charge in [-0.1, -0.05) is 127 Å². The van der Waals surface area contributed by atoms with E-state index in [1.807, 2.05) is 0 Å². The van der Waals surface area contributed by atoms with Crippen LogP contribution in [0.5, 0.6) is 0 Å². The topological polar surface area (TPSA) is 0 Å². The molecule has 0 aromatic heterocycles. The lowest BCUT2D eigenvalue weighted by molar-refractivity contribution is 0.252. The van der Waals surface area contributed by atoms with E-state index in [1.54, 1.807) is 0 Å². The molecule has 0 amide bonds. The van der Waals surface area contributed by atoms with Crippen molar-refractivity contribution >= 4 is 0 Å². The summed E-state index contributed by atoms with van der Waals surface area (Å²) in [5, 5.41) is 0. The predicted molar refractivity (Wildman–Crippen MR) is 156 cm³/mol. The molecular formula is C36H50. The minimum absolute atomic E-state index is 0.946. The highest BCUT2D eigenvalue weighted by Crippen LogP contribution is 2.35. The summed E-state index contributed by atoms with van der Waals surface area (Å²) in [6.07, 6.45) is 22.4. The first-order chi connectivity index (χ1) is 17.7. The van der Waals surface area contributed by atoms with Crippen LogP contribution in [-0.4, -0.2) is 0 Å². The predicted octanol–water partition coefficient (Wildman–Crippen LogP) is 10.2. The Morgan fingerprint density at radius 3 is 1.08 bits per heavy atom. The fourth-order valence-electron chi connectivity index (χ4n) is 6.83. The van der Waals surface area contributed by atoms with E-state index in [1.165, 1.54) is 114 Å². The fraction of sp³-hybridized carbons (Fsp3) is 0.611. The van der Waals surface area contributed by atoms with Crippen molar-refractivity contribution in [3.63, 3.8) is 0 Å². The highest BCUT2D eigenvalue weighted by atomic mass is 14.3. The summed E-state index contributed by atoms with van der Waals surface area (Å²) in [5.41, 5.74) is 5.20. The van der Waals surface area contributed by atoms with E-state index < -0.39 is 0 Å². The summed E-state index contributed by atoms with van der Waals surface area (Å²) >= 11 is 0. The van der Waals surface area contributed by atoms with Gasteiger partial charge in [-0.05, 0) is 84.7 Å². The van der Waals surface area contributed by atoms with Gasteiger partial charge in [-0.25, -0.2) is 0 Å². The molecular weight excluding hydrogens is 432 g/mol. The Hall–Kier alpha value is -2.00. The molecule has 0 atom stereocenters. The highest BCUT2D eigenvalue weighted by molar-refractivity contribution is 5.44. The van der Waals surface area contributed by atoms with E-state index in [0.717, 1.165) is 34.8 Å². The van der Waals surface area contributed by atoms with Crippen molar-refractivity contribution in [1.82, 2.24) is 0 Å². The molecule has 2 aliphatic carbocycles. The van der Waals surface area contributed by atoms with Gasteiger partial charge >= 0.3 is 0 Å². The third kappa shape index (κ3) is 8.83. The standard InChI is InChI=1S/C36H50/c1-3-5-29-7-11-31(12-8-29)15-17-33-19-23-35(24-20-33)27-28-36-25-21-34(22-26-36)18-16-32-13-9-30(6-4-2)10-14-32/h19-26,29-32H,3-18H2,1-2H3. The normalized spacial score (nSPS) is 24.2. The van der Waals surface area contributed by atoms with E-state index in [0.29, 0.717) is 0 Å². The Morgan fingerprint density at radius 1 is 0.472 bits per heavy atom. The van der Waals surface area contributed by atoms with Gasteiger partial charge in [0.05, 0.1) is 0 Å². The van der Waals surface area contributed by atoms with Crippen LogP contribution in [0.2, 0.25) is 0 Å². The van der Waals surface area contributed by atoms with Gasteiger partial charge in [0.2, 0.25) is 0 Å². The van der Waals surface area contributed by atoms with Crippen molar-refractivity contribution in [2.75, 3.05) is 0 Å². The lowest BCUT2D eigenvalue weighted by atomic mass is 9.78. The molecule has 0 unspecified atom stereocenters. The first kappa shape index (κ1) is 27.0. The van der Waals surface area contributed by atoms with Gasteiger partial charge in [0, 0.05) is 11.1 Å². The molecule has 2 aromatic carbocycles. The maximum atomic E-state index is 3.38. The largest absolute Gasteiger partial charge is 0.0654 e. The van der Waals surface area contributed by atoms with Crippen LogP contribution < -0.4 is 0 Å². The van der Waals surface area contributed by atoms with Crippen LogP contribution in [0.4, 0.5) is 0 Å². The Labute approximate surface area is 222 Å². The molecule has 0 N–H and O–H groups in total. The zero-order valence-electron chi connectivity index (χ0n) is 23.2. The third-order valence-electron chi connectivity index (χ3n) is 9.27. The van der Waals surface area contributed by atoms with Gasteiger partial charge in [-0.2, -0.15) is 0 Å². The Morgan fingerprint density at radius 2 is 0.778 bits per heavy atom. The van der Waals surface area contributed by atoms with Crippen LogP contribution in [-0.2, 0) is 12.8 Å². The van der Waals surface area contributed by atoms with Crippen LogP contribution in [0, 0.1) is 35.5 Å². The van der Waals surface area contributed by atoms with Gasteiger partial charge in [0.1, 0.15) is 0 Å². The molecule has 0 heteroatoms. The van der Waals surface area contributed by atoms with Crippen molar-refractivity contribution in [2.45, 2.75) is 117 Å². The van der Waals surface area contributed by atoms with Crippen molar-refractivity contribution in [2.24, 2.45) is 23.7 Å². The quantitative estimate of drug-likeness (QED) is 0.295. The van der Waals surface area contributed by atoms with Crippen molar-refractivity contribution < 1.29 is 0 Å². The summed E-state index contributed by atoms with van der Waals surface area (Å²) in [6, 6.07) is 18.0. The van der Waals surface area contributed by atoms with E-state index in [2.05, 4.69) is 74.2 Å². The van der Waals surface area contributed by atoms with Crippen LogP contribution in [0.1, 0.15) is 126 Å². The molecule has 0 bridgehead atoms. The number of benzene rings is 2. The van der Waals surface area contributed by atoms with E-state index in [9.17, 15) is 0 Å². The molecule has 0 radical (unpaired) electrons. The van der Waals surface area contributed by atoms with Gasteiger partial charge in [0.25, 0.3) is 0 Å². The minimum Gasteiger partial charge on any atom is -0.0654 e. The molecule has 0 spiro atoms. The second-order valence-corrected chi connectivity index (χ2v) is 12.1. The van der Waals surface area contributed by atoms with Crippen molar-refractivity contribution in [3.8, 4) is 11.8 Å². The van der Waals surface area contributed by atoms with Gasteiger partial charge in [0.15, 0.2) is 0 Å². The van der Waals surface area contributed by atoms with Crippen LogP contribution >= 0.6 is 0 Å². The highest BCUT2D eigenvalue weighted by Gasteiger charge is 2.21. The molecule has 194 valence electrons. The first-order valence-corrected chi connectivity index (χ1v) is 15.4. The van der Waals surface area contributed by atoms with Crippen molar-refractivity contribution in [1.29, 1.82) is 0 Å². The average molecular weight is 483 g/mol. The zero-order chi connectivity index (χ0) is 25.0. The molecule has 0 aliphatic heterocycles. The van der Waals surface area contributed by atoms with Crippen LogP contribution in [0.25, 0.3) is 0 Å². The Bertz CT molecular complexity index is 845. The summed E-state index contributed by atoms with van der Waals surface area (Å²) in [6.45, 7) is 4.66. The number of hydrogen-bond donors (Lipinski definition) is 0. The Balaban J connectivity index is 1.17. The van der Waals surface area contributed by atoms with E-state index in [4.69, 9.17) is 0 Å². The first-order valence-electron chi connectivity index (χ1n) is 15.4. The molecule has 2 fully saturated rings. The molecule has 2 saturated carbocycles. The van der Waals surface area contributed by atoms with Crippen LogP contribution in [0.3, 0.4) is 0 Å². The molecule has 4 rings (SSSR count). The second-order valence-electron chi connectivity index (χ2n) is 12.1. The lowest BCUT2D eigenvalue weighted by Crippen LogP contribution is -2.15. The third-order valence-corrected chi connectivity index (χ3v) is 9.27.